The Morgan fingerprint density at radius 2 is 1.90 bits per heavy atom. The Morgan fingerprint density at radius 3 is 2.45 bits per heavy atom. The van der Waals surface area contributed by atoms with E-state index in [1.807, 2.05) is 0 Å². The maximum absolute atomic E-state index is 12.7. The van der Waals surface area contributed by atoms with E-state index in [9.17, 15) is 18.9 Å². The molecule has 1 saturated heterocycles. The molecule has 1 saturated carbocycles. The van der Waals surface area contributed by atoms with Gasteiger partial charge in [0.05, 0.1) is 19.1 Å². The predicted octanol–water partition coefficient (Wildman–Crippen LogP) is 2.09. The van der Waals surface area contributed by atoms with Crippen LogP contribution in [0.15, 0.2) is 0 Å². The summed E-state index contributed by atoms with van der Waals surface area (Å²) in [6, 6.07) is -0.360. The number of nitrogens with two attached hydrogens (primary N) is 1. The zero-order valence-corrected chi connectivity index (χ0v) is 18.2. The Balaban J connectivity index is 1.89. The molecule has 1 aliphatic heterocycles. The summed E-state index contributed by atoms with van der Waals surface area (Å²) in [6.45, 7) is 4.52. The third-order valence-corrected chi connectivity index (χ3v) is 6.67. The standard InChI is InChI=1S/C18H30NO9P/c1-12(19)18(8-9-18)16(22)25-11-27-29(23)26-10-17(2,3)15(28-29)13(20)6-5-7-14(21)24-4/h12,15H,5-11,19H2,1-4H3/t12?,15-,29+/m0/s1. The zero-order chi connectivity index (χ0) is 21.9. The molecule has 1 unspecified atom stereocenters. The number of hydrogen-bond donors (Lipinski definition) is 1. The SMILES string of the molecule is COC(=O)CCCC(=O)[C@@H]1O[P@@](=O)(OCOC(=O)C2(C(C)N)CC2)OCC1(C)C. The molecule has 2 aliphatic rings. The number of ether oxygens (including phenoxy) is 2. The van der Waals surface area contributed by atoms with Crippen molar-refractivity contribution in [2.45, 2.75) is 65.0 Å². The van der Waals surface area contributed by atoms with E-state index in [1.54, 1.807) is 20.8 Å². The summed E-state index contributed by atoms with van der Waals surface area (Å²) in [5.74, 6) is -1.26. The Labute approximate surface area is 170 Å². The lowest BCUT2D eigenvalue weighted by atomic mass is 9.84. The summed E-state index contributed by atoms with van der Waals surface area (Å²) < 4.78 is 38.0. The van der Waals surface area contributed by atoms with Gasteiger partial charge in [0.2, 0.25) is 6.79 Å². The molecule has 0 aromatic heterocycles. The number of phosphoric ester groups is 1. The second kappa shape index (κ2) is 9.22. The molecule has 0 bridgehead atoms. The lowest BCUT2D eigenvalue weighted by Crippen LogP contribution is -2.45. The quantitative estimate of drug-likeness (QED) is 0.308. The maximum Gasteiger partial charge on any atom is 0.478 e. The minimum absolute atomic E-state index is 0.0462. The molecule has 2 N–H and O–H groups in total. The van der Waals surface area contributed by atoms with Crippen LogP contribution in [-0.4, -0.2) is 50.4 Å². The van der Waals surface area contributed by atoms with Crippen molar-refractivity contribution in [2.24, 2.45) is 16.6 Å². The number of rotatable bonds is 10. The number of esters is 2. The zero-order valence-electron chi connectivity index (χ0n) is 17.3. The van der Waals surface area contributed by atoms with E-state index in [-0.39, 0.29) is 37.7 Å². The van der Waals surface area contributed by atoms with Crippen LogP contribution in [0.3, 0.4) is 0 Å². The first-order valence-electron chi connectivity index (χ1n) is 9.56. The Hall–Kier alpha value is -1.32. The molecule has 1 aliphatic carbocycles. The van der Waals surface area contributed by atoms with Gasteiger partial charge in [0.1, 0.15) is 6.10 Å². The Morgan fingerprint density at radius 1 is 1.24 bits per heavy atom. The molecule has 2 rings (SSSR count). The van der Waals surface area contributed by atoms with Gasteiger partial charge in [-0.2, -0.15) is 0 Å². The van der Waals surface area contributed by atoms with Crippen LogP contribution in [0.5, 0.6) is 0 Å². The Bertz CT molecular complexity index is 687. The van der Waals surface area contributed by atoms with E-state index in [2.05, 4.69) is 4.74 Å². The average molecular weight is 435 g/mol. The summed E-state index contributed by atoms with van der Waals surface area (Å²) >= 11 is 0. The van der Waals surface area contributed by atoms with Crippen molar-refractivity contribution in [1.82, 2.24) is 0 Å². The summed E-state index contributed by atoms with van der Waals surface area (Å²) in [4.78, 5) is 35.9. The smallest absolute Gasteiger partial charge is 0.469 e. The molecule has 0 radical (unpaired) electrons. The van der Waals surface area contributed by atoms with E-state index >= 15 is 0 Å². The first-order valence-corrected chi connectivity index (χ1v) is 11.0. The van der Waals surface area contributed by atoms with Crippen molar-refractivity contribution < 1.29 is 42.0 Å². The minimum atomic E-state index is -4.09. The van der Waals surface area contributed by atoms with Gasteiger partial charge in [-0.1, -0.05) is 13.8 Å². The predicted molar refractivity (Wildman–Crippen MR) is 100 cm³/mol. The first-order chi connectivity index (χ1) is 13.5. The van der Waals surface area contributed by atoms with E-state index in [0.29, 0.717) is 12.8 Å². The number of ketones is 1. The number of carbonyl (C=O) groups is 3. The first kappa shape index (κ1) is 24.0. The average Bonchev–Trinajstić information content (AvgIpc) is 3.46. The number of carbonyl (C=O) groups excluding carboxylic acids is 3. The number of methoxy groups -OCH3 is 1. The van der Waals surface area contributed by atoms with Gasteiger partial charge in [0, 0.05) is 24.3 Å². The highest BCUT2D eigenvalue weighted by molar-refractivity contribution is 7.48. The van der Waals surface area contributed by atoms with Gasteiger partial charge in [-0.3, -0.25) is 23.4 Å². The highest BCUT2D eigenvalue weighted by Crippen LogP contribution is 2.57. The molecule has 0 aromatic rings. The lowest BCUT2D eigenvalue weighted by molar-refractivity contribution is -0.161. The van der Waals surface area contributed by atoms with Crippen LogP contribution >= 0.6 is 7.82 Å². The molecular formula is C18H30NO9P. The summed E-state index contributed by atoms with van der Waals surface area (Å²) in [6.07, 6.45) is 0.639. The molecule has 1 heterocycles. The number of Topliss-reactive ketones (excluding diaryl/α,β-unsaturated/α-hetero) is 1. The summed E-state index contributed by atoms with van der Waals surface area (Å²) in [5.41, 5.74) is 4.35. The van der Waals surface area contributed by atoms with Gasteiger partial charge in [-0.05, 0) is 26.2 Å². The van der Waals surface area contributed by atoms with E-state index in [4.69, 9.17) is 24.0 Å². The molecule has 11 heteroatoms. The Kier molecular flexibility index (Phi) is 7.62. The molecule has 0 aromatic carbocycles. The van der Waals surface area contributed by atoms with Gasteiger partial charge < -0.3 is 15.2 Å². The van der Waals surface area contributed by atoms with Crippen LogP contribution in [0.25, 0.3) is 0 Å². The van der Waals surface area contributed by atoms with Gasteiger partial charge in [0.15, 0.2) is 5.78 Å². The van der Waals surface area contributed by atoms with Crippen LogP contribution in [-0.2, 0) is 42.0 Å². The number of hydrogen-bond acceptors (Lipinski definition) is 10. The lowest BCUT2D eigenvalue weighted by Gasteiger charge is -2.39. The van der Waals surface area contributed by atoms with Crippen LogP contribution in [0.4, 0.5) is 0 Å². The fourth-order valence-electron chi connectivity index (χ4n) is 3.09. The second-order valence-corrected chi connectivity index (χ2v) is 9.84. The topological polar surface area (TPSA) is 140 Å². The summed E-state index contributed by atoms with van der Waals surface area (Å²) in [7, 11) is -2.82. The van der Waals surface area contributed by atoms with Gasteiger partial charge in [-0.25, -0.2) is 9.09 Å². The molecule has 2 fully saturated rings. The monoisotopic (exact) mass is 435 g/mol. The highest BCUT2D eigenvalue weighted by atomic mass is 31.2. The molecule has 0 spiro atoms. The van der Waals surface area contributed by atoms with E-state index < -0.39 is 43.5 Å². The minimum Gasteiger partial charge on any atom is -0.469 e. The van der Waals surface area contributed by atoms with Crippen LogP contribution < -0.4 is 5.73 Å². The van der Waals surface area contributed by atoms with Crippen molar-refractivity contribution in [2.75, 3.05) is 20.5 Å². The largest absolute Gasteiger partial charge is 0.478 e. The van der Waals surface area contributed by atoms with Crippen molar-refractivity contribution in [1.29, 1.82) is 0 Å². The number of phosphoric acid groups is 1. The third kappa shape index (κ3) is 5.86. The van der Waals surface area contributed by atoms with Crippen molar-refractivity contribution in [3.8, 4) is 0 Å². The molecule has 166 valence electrons. The van der Waals surface area contributed by atoms with Gasteiger partial charge >= 0.3 is 19.8 Å². The van der Waals surface area contributed by atoms with E-state index in [0.717, 1.165) is 0 Å². The maximum atomic E-state index is 12.7. The molecular weight excluding hydrogens is 405 g/mol. The third-order valence-electron chi connectivity index (χ3n) is 5.33. The molecule has 29 heavy (non-hydrogen) atoms. The molecule has 10 nitrogen and oxygen atoms in total. The normalized spacial score (nSPS) is 28.2. The van der Waals surface area contributed by atoms with Crippen molar-refractivity contribution >= 4 is 25.5 Å². The van der Waals surface area contributed by atoms with Crippen LogP contribution in [0.1, 0.15) is 52.9 Å². The van der Waals surface area contributed by atoms with E-state index in [1.165, 1.54) is 7.11 Å². The summed E-state index contributed by atoms with van der Waals surface area (Å²) in [5, 5.41) is 0. The molecule has 3 atom stereocenters. The second-order valence-electron chi connectivity index (χ2n) is 8.21. The fourth-order valence-corrected chi connectivity index (χ4v) is 4.62. The van der Waals surface area contributed by atoms with Gasteiger partial charge in [-0.15, -0.1) is 0 Å². The fraction of sp³-hybridized carbons (Fsp3) is 0.833. The van der Waals surface area contributed by atoms with Crippen LogP contribution in [0, 0.1) is 10.8 Å². The highest BCUT2D eigenvalue weighted by Gasteiger charge is 2.54. The van der Waals surface area contributed by atoms with Crippen molar-refractivity contribution in [3.63, 3.8) is 0 Å². The van der Waals surface area contributed by atoms with Crippen LogP contribution in [0.2, 0.25) is 0 Å². The molecule has 0 amide bonds. The van der Waals surface area contributed by atoms with Crippen molar-refractivity contribution in [3.05, 3.63) is 0 Å². The van der Waals surface area contributed by atoms with Gasteiger partial charge in [0.25, 0.3) is 0 Å².